The van der Waals surface area contributed by atoms with Gasteiger partial charge in [-0.15, -0.1) is 11.3 Å². The number of fused-ring (bicyclic) bond motifs is 1. The third-order valence-corrected chi connectivity index (χ3v) is 4.31. The molecule has 0 saturated heterocycles. The highest BCUT2D eigenvalue weighted by atomic mass is 32.1. The zero-order valence-electron chi connectivity index (χ0n) is 12.9. The number of rotatable bonds is 7. The first-order valence-electron chi connectivity index (χ1n) is 7.59. The van der Waals surface area contributed by atoms with E-state index >= 15 is 0 Å². The Balaban J connectivity index is 1.37. The van der Waals surface area contributed by atoms with Gasteiger partial charge in [-0.3, -0.25) is 4.79 Å². The van der Waals surface area contributed by atoms with Crippen molar-refractivity contribution in [2.24, 2.45) is 0 Å². The first-order valence-corrected chi connectivity index (χ1v) is 8.41. The van der Waals surface area contributed by atoms with Crippen molar-refractivity contribution in [2.75, 3.05) is 6.61 Å². The summed E-state index contributed by atoms with van der Waals surface area (Å²) >= 11 is 1.52. The van der Waals surface area contributed by atoms with Gasteiger partial charge in [0.1, 0.15) is 23.2 Å². The molecule has 1 aromatic heterocycles. The standard InChI is InChI=1S/C18H16FNO3S/c19-13-7-9-14(10-8-13)22-11-3-6-18(21)23-12-17-20-15-4-1-2-5-16(15)24-17/h1-2,4-5,7-10H,3,6,11-12H2. The Hall–Kier alpha value is -2.47. The van der Waals surface area contributed by atoms with Gasteiger partial charge in [0.2, 0.25) is 0 Å². The van der Waals surface area contributed by atoms with Gasteiger partial charge >= 0.3 is 5.97 Å². The highest BCUT2D eigenvalue weighted by molar-refractivity contribution is 7.18. The van der Waals surface area contributed by atoms with E-state index < -0.39 is 0 Å². The van der Waals surface area contributed by atoms with E-state index in [2.05, 4.69) is 4.98 Å². The van der Waals surface area contributed by atoms with Gasteiger partial charge in [-0.25, -0.2) is 9.37 Å². The molecule has 0 aliphatic carbocycles. The lowest BCUT2D eigenvalue weighted by Gasteiger charge is -2.06. The zero-order valence-corrected chi connectivity index (χ0v) is 13.7. The van der Waals surface area contributed by atoms with Crippen molar-refractivity contribution in [1.29, 1.82) is 0 Å². The molecule has 0 bridgehead atoms. The Morgan fingerprint density at radius 1 is 1.12 bits per heavy atom. The molecule has 0 N–H and O–H groups in total. The van der Waals surface area contributed by atoms with Gasteiger partial charge < -0.3 is 9.47 Å². The number of benzene rings is 2. The Kier molecular flexibility index (Phi) is 5.38. The van der Waals surface area contributed by atoms with E-state index in [1.807, 2.05) is 24.3 Å². The maximum Gasteiger partial charge on any atom is 0.306 e. The first kappa shape index (κ1) is 16.4. The quantitative estimate of drug-likeness (QED) is 0.472. The molecular weight excluding hydrogens is 329 g/mol. The van der Waals surface area contributed by atoms with E-state index in [1.165, 1.54) is 23.5 Å². The second kappa shape index (κ2) is 7.88. The number of aromatic nitrogens is 1. The second-order valence-corrected chi connectivity index (χ2v) is 6.26. The van der Waals surface area contributed by atoms with E-state index in [4.69, 9.17) is 9.47 Å². The van der Waals surface area contributed by atoms with Crippen molar-refractivity contribution in [3.05, 3.63) is 59.4 Å². The molecular formula is C18H16FNO3S. The summed E-state index contributed by atoms with van der Waals surface area (Å²) in [5, 5.41) is 0.784. The number of hydrogen-bond donors (Lipinski definition) is 0. The summed E-state index contributed by atoms with van der Waals surface area (Å²) in [6.07, 6.45) is 0.808. The molecule has 0 radical (unpaired) electrons. The van der Waals surface area contributed by atoms with Crippen molar-refractivity contribution >= 4 is 27.5 Å². The third kappa shape index (κ3) is 4.52. The van der Waals surface area contributed by atoms with Crippen molar-refractivity contribution in [2.45, 2.75) is 19.4 Å². The van der Waals surface area contributed by atoms with Crippen LogP contribution >= 0.6 is 11.3 Å². The summed E-state index contributed by atoms with van der Waals surface area (Å²) in [4.78, 5) is 16.2. The highest BCUT2D eigenvalue weighted by Gasteiger charge is 2.07. The van der Waals surface area contributed by atoms with Gasteiger partial charge in [-0.1, -0.05) is 12.1 Å². The number of ether oxygens (including phenoxy) is 2. The van der Waals surface area contributed by atoms with Crippen molar-refractivity contribution in [1.82, 2.24) is 4.98 Å². The SMILES string of the molecule is O=C(CCCOc1ccc(F)cc1)OCc1nc2ccccc2s1. The van der Waals surface area contributed by atoms with Gasteiger partial charge in [0.05, 0.1) is 16.8 Å². The largest absolute Gasteiger partial charge is 0.494 e. The van der Waals surface area contributed by atoms with Gasteiger partial charge in [0, 0.05) is 6.42 Å². The lowest BCUT2D eigenvalue weighted by molar-refractivity contribution is -0.145. The number of thiazole rings is 1. The van der Waals surface area contributed by atoms with Crippen LogP contribution < -0.4 is 4.74 Å². The smallest absolute Gasteiger partial charge is 0.306 e. The molecule has 1 heterocycles. The Morgan fingerprint density at radius 2 is 1.92 bits per heavy atom. The summed E-state index contributed by atoms with van der Waals surface area (Å²) in [5.41, 5.74) is 0.918. The molecule has 0 saturated carbocycles. The summed E-state index contributed by atoms with van der Waals surface area (Å²) in [7, 11) is 0. The molecule has 0 fully saturated rings. The number of halogens is 1. The fourth-order valence-electron chi connectivity index (χ4n) is 2.13. The number of esters is 1. The van der Waals surface area contributed by atoms with Crippen LogP contribution in [0.4, 0.5) is 4.39 Å². The van der Waals surface area contributed by atoms with Crippen molar-refractivity contribution in [3.8, 4) is 5.75 Å². The molecule has 0 atom stereocenters. The zero-order chi connectivity index (χ0) is 16.8. The molecule has 6 heteroatoms. The lowest BCUT2D eigenvalue weighted by atomic mass is 10.3. The summed E-state index contributed by atoms with van der Waals surface area (Å²) < 4.78 is 24.5. The van der Waals surface area contributed by atoms with E-state index in [0.717, 1.165) is 15.2 Å². The molecule has 3 aromatic rings. The highest BCUT2D eigenvalue weighted by Crippen LogP contribution is 2.22. The van der Waals surface area contributed by atoms with E-state index in [-0.39, 0.29) is 24.8 Å². The topological polar surface area (TPSA) is 48.4 Å². The minimum Gasteiger partial charge on any atom is -0.494 e. The van der Waals surface area contributed by atoms with Gasteiger partial charge in [-0.2, -0.15) is 0 Å². The summed E-state index contributed by atoms with van der Waals surface area (Å²) in [6.45, 7) is 0.568. The van der Waals surface area contributed by atoms with Crippen LogP contribution in [0, 0.1) is 5.82 Å². The fourth-order valence-corrected chi connectivity index (χ4v) is 3.01. The van der Waals surface area contributed by atoms with Crippen LogP contribution in [-0.2, 0) is 16.1 Å². The van der Waals surface area contributed by atoms with Crippen LogP contribution in [0.2, 0.25) is 0 Å². The van der Waals surface area contributed by atoms with E-state index in [0.29, 0.717) is 18.8 Å². The minimum atomic E-state index is -0.305. The predicted octanol–water partition coefficient (Wildman–Crippen LogP) is 4.34. The first-order chi connectivity index (χ1) is 11.7. The number of hydrogen-bond acceptors (Lipinski definition) is 5. The number of para-hydroxylation sites is 1. The average molecular weight is 345 g/mol. The Bertz CT molecular complexity index is 784. The van der Waals surface area contributed by atoms with Gasteiger partial charge in [0.25, 0.3) is 0 Å². The molecule has 0 aliphatic rings. The van der Waals surface area contributed by atoms with Crippen LogP contribution in [0.15, 0.2) is 48.5 Å². The normalized spacial score (nSPS) is 10.7. The Labute approximate surface area is 142 Å². The lowest BCUT2D eigenvalue weighted by Crippen LogP contribution is -2.07. The molecule has 2 aromatic carbocycles. The monoisotopic (exact) mass is 345 g/mol. The molecule has 4 nitrogen and oxygen atoms in total. The third-order valence-electron chi connectivity index (χ3n) is 3.30. The van der Waals surface area contributed by atoms with Crippen molar-refractivity contribution in [3.63, 3.8) is 0 Å². The number of nitrogens with zero attached hydrogens (tertiary/aromatic N) is 1. The van der Waals surface area contributed by atoms with Crippen LogP contribution in [-0.4, -0.2) is 17.6 Å². The predicted molar refractivity (Wildman–Crippen MR) is 90.5 cm³/mol. The molecule has 3 rings (SSSR count). The molecule has 0 spiro atoms. The van der Waals surface area contributed by atoms with Gasteiger partial charge in [0.15, 0.2) is 0 Å². The number of carbonyl (C=O) groups is 1. The summed E-state index contributed by atoms with van der Waals surface area (Å²) in [5.74, 6) is -0.00280. The van der Waals surface area contributed by atoms with Crippen molar-refractivity contribution < 1.29 is 18.7 Å². The average Bonchev–Trinajstić information content (AvgIpc) is 3.01. The molecule has 0 unspecified atom stereocenters. The summed E-state index contributed by atoms with van der Waals surface area (Å²) in [6, 6.07) is 13.6. The molecule has 124 valence electrons. The minimum absolute atomic E-state index is 0.191. The van der Waals surface area contributed by atoms with E-state index in [9.17, 15) is 9.18 Å². The van der Waals surface area contributed by atoms with Gasteiger partial charge in [-0.05, 0) is 42.8 Å². The maximum atomic E-state index is 12.8. The van der Waals surface area contributed by atoms with Crippen LogP contribution in [0.25, 0.3) is 10.2 Å². The second-order valence-electron chi connectivity index (χ2n) is 5.14. The fraction of sp³-hybridized carbons (Fsp3) is 0.222. The van der Waals surface area contributed by atoms with Crippen LogP contribution in [0.5, 0.6) is 5.75 Å². The number of carbonyl (C=O) groups excluding carboxylic acids is 1. The maximum absolute atomic E-state index is 12.8. The Morgan fingerprint density at radius 3 is 2.71 bits per heavy atom. The molecule has 0 aliphatic heterocycles. The van der Waals surface area contributed by atoms with Crippen LogP contribution in [0.1, 0.15) is 17.8 Å². The van der Waals surface area contributed by atoms with E-state index in [1.54, 1.807) is 12.1 Å². The molecule has 0 amide bonds. The molecule has 24 heavy (non-hydrogen) atoms. The van der Waals surface area contributed by atoms with Crippen LogP contribution in [0.3, 0.4) is 0 Å².